The Morgan fingerprint density at radius 1 is 1.00 bits per heavy atom. The quantitative estimate of drug-likeness (QED) is 0.383. The zero-order valence-electron chi connectivity index (χ0n) is 27.1. The summed E-state index contributed by atoms with van der Waals surface area (Å²) in [7, 11) is 0. The van der Waals surface area contributed by atoms with Gasteiger partial charge in [-0.05, 0) is 117 Å². The highest BCUT2D eigenvalue weighted by atomic mass is 16.5. The first kappa shape index (κ1) is 30.8. The summed E-state index contributed by atoms with van der Waals surface area (Å²) in [6.07, 6.45) is 9.98. The molecule has 0 aromatic heterocycles. The minimum absolute atomic E-state index is 0.0534. The molecule has 0 spiro atoms. The molecular formula is C35H55NO5. The summed E-state index contributed by atoms with van der Waals surface area (Å²) in [6, 6.07) is -0.687. The molecule has 230 valence electrons. The minimum Gasteiger partial charge on any atom is -0.464 e. The van der Waals surface area contributed by atoms with E-state index < -0.39 is 17.4 Å². The number of aliphatic hydroxyl groups excluding tert-OH is 1. The Morgan fingerprint density at radius 2 is 1.66 bits per heavy atom. The molecule has 4 fully saturated rings. The third-order valence-corrected chi connectivity index (χ3v) is 14.1. The summed E-state index contributed by atoms with van der Waals surface area (Å²) >= 11 is 0. The van der Waals surface area contributed by atoms with Crippen LogP contribution in [0.15, 0.2) is 11.6 Å². The van der Waals surface area contributed by atoms with Crippen LogP contribution in [0.3, 0.4) is 0 Å². The van der Waals surface area contributed by atoms with Crippen LogP contribution in [0.2, 0.25) is 0 Å². The maximum absolute atomic E-state index is 14.5. The molecule has 1 amide bonds. The number of hydrogen-bond acceptors (Lipinski definition) is 5. The average molecular weight is 570 g/mol. The Kier molecular flexibility index (Phi) is 7.24. The fourth-order valence-corrected chi connectivity index (χ4v) is 11.1. The predicted octanol–water partition coefficient (Wildman–Crippen LogP) is 6.40. The van der Waals surface area contributed by atoms with Crippen LogP contribution >= 0.6 is 0 Å². The van der Waals surface area contributed by atoms with Crippen LogP contribution in [-0.2, 0) is 19.1 Å². The number of carbonyl (C=O) groups is 3. The van der Waals surface area contributed by atoms with E-state index in [1.807, 2.05) is 13.0 Å². The first-order valence-corrected chi connectivity index (χ1v) is 16.3. The van der Waals surface area contributed by atoms with Gasteiger partial charge in [-0.15, -0.1) is 0 Å². The molecule has 0 heterocycles. The van der Waals surface area contributed by atoms with Gasteiger partial charge in [0.2, 0.25) is 5.91 Å². The van der Waals surface area contributed by atoms with Gasteiger partial charge >= 0.3 is 5.97 Å². The highest BCUT2D eigenvalue weighted by molar-refractivity contribution is 5.96. The van der Waals surface area contributed by atoms with E-state index in [9.17, 15) is 19.5 Å². The molecule has 0 saturated heterocycles. The average Bonchev–Trinajstić information content (AvgIpc) is 2.88. The number of ether oxygens (including phenoxy) is 1. The first-order chi connectivity index (χ1) is 18.9. The lowest BCUT2D eigenvalue weighted by Crippen LogP contribution is -2.66. The first-order valence-electron chi connectivity index (χ1n) is 16.3. The number of allylic oxidation sites excluding steroid dienone is 2. The fourth-order valence-electron chi connectivity index (χ4n) is 11.1. The monoisotopic (exact) mass is 569 g/mol. The lowest BCUT2D eigenvalue weighted by atomic mass is 9.33. The van der Waals surface area contributed by atoms with Gasteiger partial charge in [0.1, 0.15) is 6.04 Å². The molecule has 4 saturated carbocycles. The number of rotatable bonds is 4. The van der Waals surface area contributed by atoms with Crippen molar-refractivity contribution < 1.29 is 24.2 Å². The molecule has 5 aliphatic rings. The van der Waals surface area contributed by atoms with Gasteiger partial charge < -0.3 is 15.2 Å². The van der Waals surface area contributed by atoms with Gasteiger partial charge in [0.15, 0.2) is 5.78 Å². The van der Waals surface area contributed by atoms with Crippen molar-refractivity contribution in [1.82, 2.24) is 5.32 Å². The van der Waals surface area contributed by atoms with Crippen LogP contribution in [0.5, 0.6) is 0 Å². The van der Waals surface area contributed by atoms with Crippen LogP contribution in [0.1, 0.15) is 120 Å². The minimum atomic E-state index is -0.687. The van der Waals surface area contributed by atoms with Crippen molar-refractivity contribution in [3.63, 3.8) is 0 Å². The molecule has 5 rings (SSSR count). The van der Waals surface area contributed by atoms with E-state index >= 15 is 0 Å². The van der Waals surface area contributed by atoms with Crippen molar-refractivity contribution in [1.29, 1.82) is 0 Å². The number of esters is 1. The van der Waals surface area contributed by atoms with Crippen molar-refractivity contribution >= 4 is 17.7 Å². The Morgan fingerprint density at radius 3 is 2.32 bits per heavy atom. The van der Waals surface area contributed by atoms with Crippen molar-refractivity contribution in [2.75, 3.05) is 6.61 Å². The zero-order valence-corrected chi connectivity index (χ0v) is 27.1. The van der Waals surface area contributed by atoms with Gasteiger partial charge in [-0.25, -0.2) is 4.79 Å². The normalized spacial score (nSPS) is 47.5. The molecular weight excluding hydrogens is 514 g/mol. The highest BCUT2D eigenvalue weighted by Gasteiger charge is 2.70. The second kappa shape index (κ2) is 9.66. The number of carbonyl (C=O) groups excluding carboxylic acids is 3. The van der Waals surface area contributed by atoms with E-state index in [0.717, 1.165) is 51.4 Å². The van der Waals surface area contributed by atoms with E-state index in [4.69, 9.17) is 4.74 Å². The zero-order chi connectivity index (χ0) is 30.4. The Labute approximate surface area is 247 Å². The summed E-state index contributed by atoms with van der Waals surface area (Å²) in [5.74, 6) is 0.197. The number of hydrogen-bond donors (Lipinski definition) is 2. The predicted molar refractivity (Wildman–Crippen MR) is 160 cm³/mol. The third-order valence-electron chi connectivity index (χ3n) is 14.1. The van der Waals surface area contributed by atoms with Crippen LogP contribution in [-0.4, -0.2) is 41.5 Å². The highest BCUT2D eigenvalue weighted by Crippen LogP contribution is 2.75. The van der Waals surface area contributed by atoms with Crippen molar-refractivity contribution in [2.45, 2.75) is 132 Å². The Balaban J connectivity index is 1.50. The second-order valence-corrected chi connectivity index (χ2v) is 16.6. The maximum atomic E-state index is 14.5. The number of amides is 1. The van der Waals surface area contributed by atoms with Gasteiger partial charge in [0.25, 0.3) is 0 Å². The van der Waals surface area contributed by atoms with Gasteiger partial charge in [0, 0.05) is 11.3 Å². The van der Waals surface area contributed by atoms with E-state index in [-0.39, 0.29) is 63.3 Å². The molecule has 41 heavy (non-hydrogen) atoms. The number of fused-ring (bicyclic) bond motifs is 7. The smallest absolute Gasteiger partial charge is 0.328 e. The van der Waals surface area contributed by atoms with Crippen LogP contribution < -0.4 is 5.32 Å². The molecule has 0 aromatic rings. The van der Waals surface area contributed by atoms with Gasteiger partial charge in [0.05, 0.1) is 12.7 Å². The second-order valence-electron chi connectivity index (χ2n) is 16.6. The topological polar surface area (TPSA) is 92.7 Å². The maximum Gasteiger partial charge on any atom is 0.328 e. The van der Waals surface area contributed by atoms with Crippen LogP contribution in [0.4, 0.5) is 0 Å². The number of nitrogens with one attached hydrogen (secondary N) is 1. The fraction of sp³-hybridized carbons (Fsp3) is 0.857. The summed E-state index contributed by atoms with van der Waals surface area (Å²) in [4.78, 5) is 40.4. The van der Waals surface area contributed by atoms with E-state index in [2.05, 4.69) is 46.9 Å². The number of aliphatic hydroxyl groups is 1. The molecule has 0 radical (unpaired) electrons. The van der Waals surface area contributed by atoms with Crippen molar-refractivity contribution in [2.24, 2.45) is 50.2 Å². The van der Waals surface area contributed by atoms with Crippen molar-refractivity contribution in [3.05, 3.63) is 11.6 Å². The Bertz CT molecular complexity index is 1160. The van der Waals surface area contributed by atoms with Gasteiger partial charge in [-0.3, -0.25) is 9.59 Å². The molecule has 6 nitrogen and oxygen atoms in total. The molecule has 0 bridgehead atoms. The van der Waals surface area contributed by atoms with Crippen molar-refractivity contribution in [3.8, 4) is 0 Å². The summed E-state index contributed by atoms with van der Waals surface area (Å²) < 4.78 is 5.13. The summed E-state index contributed by atoms with van der Waals surface area (Å²) in [6.45, 7) is 19.8. The molecule has 1 unspecified atom stereocenters. The molecule has 2 N–H and O–H groups in total. The van der Waals surface area contributed by atoms with Crippen LogP contribution in [0, 0.1) is 50.2 Å². The lowest BCUT2D eigenvalue weighted by molar-refractivity contribution is -0.202. The van der Waals surface area contributed by atoms with Crippen LogP contribution in [0.25, 0.3) is 0 Å². The van der Waals surface area contributed by atoms with Gasteiger partial charge in [-0.2, -0.15) is 0 Å². The van der Waals surface area contributed by atoms with E-state index in [0.29, 0.717) is 12.3 Å². The van der Waals surface area contributed by atoms with E-state index in [1.54, 1.807) is 13.8 Å². The summed E-state index contributed by atoms with van der Waals surface area (Å²) in [5.41, 5.74) is 0.110. The molecule has 6 heteroatoms. The van der Waals surface area contributed by atoms with Gasteiger partial charge in [-0.1, -0.05) is 54.0 Å². The standard InChI is InChI=1S/C35H55NO5/c1-10-41-28(39)21(2)36-29(40)32(6)16-15-31(5)17-18-34(8)22(23(31)20-32)19-24(37)27-33(7)13-12-26(38)30(3,4)25(33)11-14-35(27,34)9/h19,21,23,25-27,38H,10-18,20H2,1-9H3,(H,36,40)/t21-,23-,25?,26-,27+,31+,32-,33-,34+,35+/m0/s1. The molecule has 0 aromatic carbocycles. The molecule has 5 aliphatic carbocycles. The van der Waals surface area contributed by atoms with E-state index in [1.165, 1.54) is 5.57 Å². The summed E-state index contributed by atoms with van der Waals surface area (Å²) in [5, 5.41) is 13.9. The lowest BCUT2D eigenvalue weighted by Gasteiger charge is -2.70. The number of ketones is 1. The third kappa shape index (κ3) is 4.23. The SMILES string of the molecule is CCOC(=O)[C@H](C)NC(=O)[C@@]1(C)CC[C@]2(C)CC[C@]3(C)C(=CC(=O)[C@@H]4[C@@]5(C)CC[C@H](O)C(C)(C)C5CC[C@]43C)[C@@H]2C1. The Hall–Kier alpha value is -1.69. The molecule has 10 atom stereocenters. The molecule has 0 aliphatic heterocycles. The largest absolute Gasteiger partial charge is 0.464 e.